The molecule has 0 aliphatic heterocycles. The van der Waals surface area contributed by atoms with E-state index >= 15 is 0 Å². The Morgan fingerprint density at radius 1 is 0.708 bits per heavy atom. The number of rotatable bonds is 13. The molecule has 0 saturated heterocycles. The van der Waals surface area contributed by atoms with Gasteiger partial charge >= 0.3 is 5.97 Å². The van der Waals surface area contributed by atoms with E-state index in [2.05, 4.69) is 32.4 Å². The van der Waals surface area contributed by atoms with Crippen LogP contribution in [0, 0.1) is 0 Å². The van der Waals surface area contributed by atoms with E-state index in [9.17, 15) is 4.79 Å². The molecule has 0 amide bonds. The van der Waals surface area contributed by atoms with E-state index in [1.807, 2.05) is 0 Å². The maximum Gasteiger partial charge on any atom is 0.302 e. The molecule has 0 unspecified atom stereocenters. The van der Waals surface area contributed by atoms with Crippen molar-refractivity contribution in [3.63, 3.8) is 0 Å². The highest BCUT2D eigenvalue weighted by atomic mass is 19.0. The molecule has 0 fully saturated rings. The van der Waals surface area contributed by atoms with Crippen molar-refractivity contribution in [1.82, 2.24) is 0 Å². The summed E-state index contributed by atoms with van der Waals surface area (Å²) in [5.41, 5.74) is 0. The molecule has 0 rings (SSSR count). The van der Waals surface area contributed by atoms with Gasteiger partial charge in [-0.25, -0.2) is 0 Å². The molecular formula is C20H44FNO2. The fraction of sp³-hybridized carbons (Fsp3) is 0.950. The minimum atomic E-state index is -0.211. The zero-order valence-electron chi connectivity index (χ0n) is 17.3. The smallest absolute Gasteiger partial charge is 0.302 e. The van der Waals surface area contributed by atoms with E-state index in [4.69, 9.17) is 0 Å². The van der Waals surface area contributed by atoms with Crippen molar-refractivity contribution in [2.45, 2.75) is 92.9 Å². The average Bonchev–Trinajstić information content (AvgIpc) is 2.54. The second kappa shape index (κ2) is 20.4. The lowest BCUT2D eigenvalue weighted by Gasteiger charge is -2.39. The van der Waals surface area contributed by atoms with Crippen LogP contribution in [0.1, 0.15) is 92.9 Å². The number of carbonyl (C=O) groups is 1. The molecule has 0 aromatic carbocycles. The van der Waals surface area contributed by atoms with Crippen molar-refractivity contribution < 1.29 is 18.7 Å². The molecule has 0 aliphatic carbocycles. The van der Waals surface area contributed by atoms with Gasteiger partial charge in [-0.05, 0) is 32.6 Å². The minimum absolute atomic E-state index is 0. The number of unbranched alkanes of at least 4 members (excludes halogenated alkanes) is 4. The van der Waals surface area contributed by atoms with Gasteiger partial charge in [-0.2, -0.15) is 0 Å². The average molecular weight is 350 g/mol. The number of halogens is 1. The molecule has 0 saturated carbocycles. The maximum absolute atomic E-state index is 9.82. The summed E-state index contributed by atoms with van der Waals surface area (Å²) in [5.74, 6) is -0.211. The Morgan fingerprint density at radius 3 is 1.12 bits per heavy atom. The first-order valence-corrected chi connectivity index (χ1v) is 10.00. The monoisotopic (exact) mass is 349 g/mol. The van der Waals surface area contributed by atoms with Crippen LogP contribution < -0.4 is 4.70 Å². The zero-order valence-corrected chi connectivity index (χ0v) is 17.3. The predicted octanol–water partition coefficient (Wildman–Crippen LogP) is 2.58. The minimum Gasteiger partial charge on any atom is -1.00 e. The Kier molecular flexibility index (Phi) is 24.0. The molecule has 0 spiro atoms. The summed E-state index contributed by atoms with van der Waals surface area (Å²) in [6, 6.07) is 0. The summed E-state index contributed by atoms with van der Waals surface area (Å²) in [6.45, 7) is 18.7. The van der Waals surface area contributed by atoms with Crippen molar-refractivity contribution >= 4 is 5.97 Å². The van der Waals surface area contributed by atoms with Crippen molar-refractivity contribution in [1.29, 1.82) is 0 Å². The van der Waals surface area contributed by atoms with Crippen LogP contribution in [0.2, 0.25) is 0 Å². The SMILES string of the molecule is CCCC[N+](CCCC)(CCCC)CCCC.CCOC(C)=O.[F-]. The fourth-order valence-corrected chi connectivity index (χ4v) is 2.85. The molecule has 0 radical (unpaired) electrons. The number of esters is 1. The summed E-state index contributed by atoms with van der Waals surface area (Å²) in [5, 5.41) is 0. The number of hydrogen-bond donors (Lipinski definition) is 0. The summed E-state index contributed by atoms with van der Waals surface area (Å²) in [7, 11) is 0. The number of quaternary nitrogens is 1. The van der Waals surface area contributed by atoms with Gasteiger partial charge in [-0.3, -0.25) is 4.79 Å². The van der Waals surface area contributed by atoms with E-state index in [0.29, 0.717) is 6.61 Å². The molecular weight excluding hydrogens is 305 g/mol. The largest absolute Gasteiger partial charge is 1.00 e. The van der Waals surface area contributed by atoms with Crippen molar-refractivity contribution in [2.75, 3.05) is 32.8 Å². The highest BCUT2D eigenvalue weighted by Gasteiger charge is 2.24. The molecule has 0 bridgehead atoms. The molecule has 24 heavy (non-hydrogen) atoms. The number of carbonyl (C=O) groups excluding carboxylic acids is 1. The van der Waals surface area contributed by atoms with Crippen LogP contribution in [-0.4, -0.2) is 43.2 Å². The van der Waals surface area contributed by atoms with Gasteiger partial charge in [-0.15, -0.1) is 0 Å². The highest BCUT2D eigenvalue weighted by molar-refractivity contribution is 5.65. The van der Waals surface area contributed by atoms with E-state index in [0.717, 1.165) is 0 Å². The normalized spacial score (nSPS) is 10.4. The summed E-state index contributed by atoms with van der Waals surface area (Å²) in [4.78, 5) is 9.82. The first kappa shape index (κ1) is 28.2. The van der Waals surface area contributed by atoms with Crippen molar-refractivity contribution in [2.24, 2.45) is 0 Å². The summed E-state index contributed by atoms with van der Waals surface area (Å²) < 4.78 is 5.82. The second-order valence-electron chi connectivity index (χ2n) is 6.57. The van der Waals surface area contributed by atoms with Gasteiger partial charge in [0.1, 0.15) is 0 Å². The van der Waals surface area contributed by atoms with E-state index in [-0.39, 0.29) is 10.7 Å². The lowest BCUT2D eigenvalue weighted by Crippen LogP contribution is -3.00. The van der Waals surface area contributed by atoms with E-state index in [1.54, 1.807) is 6.92 Å². The molecule has 0 aromatic rings. The quantitative estimate of drug-likeness (QED) is 0.377. The zero-order chi connectivity index (χ0) is 18.0. The van der Waals surface area contributed by atoms with Crippen LogP contribution in [0.15, 0.2) is 0 Å². The number of nitrogens with zero attached hydrogens (tertiary/aromatic N) is 1. The van der Waals surface area contributed by atoms with Gasteiger partial charge in [-0.1, -0.05) is 53.4 Å². The third kappa shape index (κ3) is 17.7. The molecule has 0 aliphatic rings. The molecule has 0 atom stereocenters. The Morgan fingerprint density at radius 2 is 1.00 bits per heavy atom. The lowest BCUT2D eigenvalue weighted by molar-refractivity contribution is -0.929. The Hall–Kier alpha value is -0.640. The van der Waals surface area contributed by atoms with Crippen LogP contribution >= 0.6 is 0 Å². The van der Waals surface area contributed by atoms with Gasteiger partial charge in [0.15, 0.2) is 0 Å². The third-order valence-electron chi connectivity index (χ3n) is 4.29. The summed E-state index contributed by atoms with van der Waals surface area (Å²) in [6.07, 6.45) is 11.1. The van der Waals surface area contributed by atoms with Gasteiger partial charge in [0.05, 0.1) is 32.8 Å². The van der Waals surface area contributed by atoms with Gasteiger partial charge in [0.25, 0.3) is 0 Å². The van der Waals surface area contributed by atoms with Gasteiger partial charge in [0.2, 0.25) is 0 Å². The number of ether oxygens (including phenoxy) is 1. The number of hydrogen-bond acceptors (Lipinski definition) is 2. The molecule has 4 heteroatoms. The summed E-state index contributed by atoms with van der Waals surface area (Å²) >= 11 is 0. The van der Waals surface area contributed by atoms with Crippen molar-refractivity contribution in [3.8, 4) is 0 Å². The molecule has 148 valence electrons. The first-order valence-electron chi connectivity index (χ1n) is 10.00. The van der Waals surface area contributed by atoms with Crippen LogP contribution in [-0.2, 0) is 9.53 Å². The fourth-order valence-electron chi connectivity index (χ4n) is 2.85. The topological polar surface area (TPSA) is 26.3 Å². The van der Waals surface area contributed by atoms with Crippen LogP contribution in [0.4, 0.5) is 0 Å². The molecule has 0 N–H and O–H groups in total. The Balaban J connectivity index is -0.000000538. The van der Waals surface area contributed by atoms with Crippen LogP contribution in [0.3, 0.4) is 0 Å². The third-order valence-corrected chi connectivity index (χ3v) is 4.29. The second-order valence-corrected chi connectivity index (χ2v) is 6.57. The lowest BCUT2D eigenvalue weighted by atomic mass is 10.1. The van der Waals surface area contributed by atoms with Crippen LogP contribution in [0.5, 0.6) is 0 Å². The maximum atomic E-state index is 9.82. The van der Waals surface area contributed by atoms with Gasteiger partial charge < -0.3 is 13.9 Å². The van der Waals surface area contributed by atoms with E-state index in [1.165, 1.54) is 89.0 Å². The standard InChI is InChI=1S/C16H36N.C4H8O2.FH/c1-5-9-13-17(14-10-6-2,15-11-7-3)16-12-8-4;1-3-6-4(2)5;/h5-16H2,1-4H3;3H2,1-2H3;1H/q+1;;/p-1. The Bertz CT molecular complexity index is 223. The molecule has 3 nitrogen and oxygen atoms in total. The predicted molar refractivity (Wildman–Crippen MR) is 102 cm³/mol. The van der Waals surface area contributed by atoms with E-state index < -0.39 is 0 Å². The highest BCUT2D eigenvalue weighted by Crippen LogP contribution is 2.16. The van der Waals surface area contributed by atoms with Crippen LogP contribution in [0.25, 0.3) is 0 Å². The van der Waals surface area contributed by atoms with Crippen molar-refractivity contribution in [3.05, 3.63) is 0 Å². The molecule has 0 heterocycles. The first-order chi connectivity index (χ1) is 11.0. The Labute approximate surface area is 151 Å². The molecule has 0 aromatic heterocycles. The van der Waals surface area contributed by atoms with Gasteiger partial charge in [0, 0.05) is 6.92 Å².